The number of hydrogen-bond donors (Lipinski definition) is 0. The van der Waals surface area contributed by atoms with Gasteiger partial charge in [-0.15, -0.1) is 0 Å². The van der Waals surface area contributed by atoms with Crippen LogP contribution in [0.5, 0.6) is 0 Å². The number of rotatable bonds is 4. The number of aryl methyl sites for hydroxylation is 2. The molecular weight excluding hydrogens is 414 g/mol. The third-order valence-electron chi connectivity index (χ3n) is 5.90. The van der Waals surface area contributed by atoms with Crippen molar-refractivity contribution in [1.29, 1.82) is 0 Å². The monoisotopic (exact) mass is 434 g/mol. The molecule has 0 amide bonds. The van der Waals surface area contributed by atoms with Crippen molar-refractivity contribution in [3.63, 3.8) is 0 Å². The van der Waals surface area contributed by atoms with Gasteiger partial charge in [0.15, 0.2) is 17.5 Å². The molecule has 0 fully saturated rings. The van der Waals surface area contributed by atoms with Crippen molar-refractivity contribution in [1.82, 2.24) is 0 Å². The van der Waals surface area contributed by atoms with Crippen LogP contribution in [-0.4, -0.2) is 0 Å². The highest BCUT2D eigenvalue weighted by atomic mass is 19.2. The Morgan fingerprint density at radius 3 is 2.00 bits per heavy atom. The van der Waals surface area contributed by atoms with Gasteiger partial charge in [-0.2, -0.15) is 0 Å². The predicted molar refractivity (Wildman–Crippen MR) is 107 cm³/mol. The van der Waals surface area contributed by atoms with E-state index in [2.05, 4.69) is 0 Å². The highest BCUT2D eigenvalue weighted by molar-refractivity contribution is 5.66. The summed E-state index contributed by atoms with van der Waals surface area (Å²) in [6.45, 7) is 1.93. The molecule has 0 nitrogen and oxygen atoms in total. The fourth-order valence-electron chi connectivity index (χ4n) is 4.42. The molecule has 0 spiro atoms. The molecule has 1 aliphatic carbocycles. The maximum absolute atomic E-state index is 14.8. The lowest BCUT2D eigenvalue weighted by Crippen LogP contribution is -2.16. The lowest BCUT2D eigenvalue weighted by atomic mass is 9.78. The Kier molecular flexibility index (Phi) is 5.82. The predicted octanol–water partition coefficient (Wildman–Crippen LogP) is 7.41. The van der Waals surface area contributed by atoms with Crippen molar-refractivity contribution in [3.8, 4) is 11.1 Å². The average Bonchev–Trinajstić information content (AvgIpc) is 2.71. The molecule has 0 bridgehead atoms. The van der Waals surface area contributed by atoms with Crippen LogP contribution in [0.2, 0.25) is 0 Å². The van der Waals surface area contributed by atoms with E-state index in [-0.39, 0.29) is 23.1 Å². The van der Waals surface area contributed by atoms with Crippen molar-refractivity contribution in [3.05, 3.63) is 93.6 Å². The first kappa shape index (κ1) is 21.5. The quantitative estimate of drug-likeness (QED) is 0.296. The third kappa shape index (κ3) is 4.08. The summed E-state index contributed by atoms with van der Waals surface area (Å²) in [5, 5.41) is 0. The zero-order valence-corrected chi connectivity index (χ0v) is 16.8. The van der Waals surface area contributed by atoms with E-state index in [1.165, 1.54) is 24.3 Å². The first-order valence-electron chi connectivity index (χ1n) is 10.2. The van der Waals surface area contributed by atoms with E-state index in [1.807, 2.05) is 6.92 Å². The molecular formula is C25H20F6. The third-order valence-corrected chi connectivity index (χ3v) is 5.90. The SMILES string of the molecule is CCCc1cc(F)c(C2CCc3cc(-c4cc(F)c(F)c(F)c4)c(F)cc3C2)c(F)c1. The number of fused-ring (bicyclic) bond motifs is 1. The second kappa shape index (κ2) is 8.40. The Morgan fingerprint density at radius 1 is 0.742 bits per heavy atom. The summed E-state index contributed by atoms with van der Waals surface area (Å²) in [5.41, 5.74) is 1.79. The lowest BCUT2D eigenvalue weighted by molar-refractivity contribution is 0.447. The van der Waals surface area contributed by atoms with Crippen LogP contribution in [0.1, 0.15) is 47.9 Å². The van der Waals surface area contributed by atoms with Crippen molar-refractivity contribution in [2.75, 3.05) is 0 Å². The number of hydrogen-bond acceptors (Lipinski definition) is 0. The molecule has 0 aliphatic heterocycles. The van der Waals surface area contributed by atoms with Crippen LogP contribution in [0.4, 0.5) is 26.3 Å². The summed E-state index contributed by atoms with van der Waals surface area (Å²) < 4.78 is 84.5. The molecule has 1 atom stereocenters. The largest absolute Gasteiger partial charge is 0.207 e. The minimum absolute atomic E-state index is 0.0117. The number of benzene rings is 3. The van der Waals surface area contributed by atoms with Crippen LogP contribution in [0, 0.1) is 34.9 Å². The van der Waals surface area contributed by atoms with Gasteiger partial charge in [0.05, 0.1) is 0 Å². The fourth-order valence-corrected chi connectivity index (χ4v) is 4.42. The average molecular weight is 434 g/mol. The van der Waals surface area contributed by atoms with Crippen molar-refractivity contribution < 1.29 is 26.3 Å². The fraction of sp³-hybridized carbons (Fsp3) is 0.280. The van der Waals surface area contributed by atoms with Crippen molar-refractivity contribution >= 4 is 0 Å². The Labute approximate surface area is 176 Å². The molecule has 0 aromatic heterocycles. The van der Waals surface area contributed by atoms with Gasteiger partial charge in [-0.3, -0.25) is 0 Å². The molecule has 3 aromatic carbocycles. The van der Waals surface area contributed by atoms with E-state index in [0.717, 1.165) is 24.1 Å². The highest BCUT2D eigenvalue weighted by Crippen LogP contribution is 2.38. The molecule has 1 aliphatic rings. The van der Waals surface area contributed by atoms with E-state index in [0.29, 0.717) is 30.4 Å². The zero-order chi connectivity index (χ0) is 22.3. The van der Waals surface area contributed by atoms with E-state index in [4.69, 9.17) is 0 Å². The van der Waals surface area contributed by atoms with E-state index in [1.54, 1.807) is 0 Å². The van der Waals surface area contributed by atoms with Crippen molar-refractivity contribution in [2.24, 2.45) is 0 Å². The van der Waals surface area contributed by atoms with Gasteiger partial charge in [-0.1, -0.05) is 13.3 Å². The molecule has 1 unspecified atom stereocenters. The Hall–Kier alpha value is -2.76. The van der Waals surface area contributed by atoms with Crippen LogP contribution in [0.25, 0.3) is 11.1 Å². The van der Waals surface area contributed by atoms with Gasteiger partial charge in [0.1, 0.15) is 17.5 Å². The zero-order valence-electron chi connectivity index (χ0n) is 16.8. The second-order valence-corrected chi connectivity index (χ2v) is 8.02. The smallest absolute Gasteiger partial charge is 0.194 e. The van der Waals surface area contributed by atoms with Crippen molar-refractivity contribution in [2.45, 2.75) is 44.9 Å². The van der Waals surface area contributed by atoms with Gasteiger partial charge in [-0.25, -0.2) is 26.3 Å². The van der Waals surface area contributed by atoms with Crippen LogP contribution in [-0.2, 0) is 19.3 Å². The molecule has 0 radical (unpaired) electrons. The summed E-state index contributed by atoms with van der Waals surface area (Å²) in [4.78, 5) is 0. The molecule has 162 valence electrons. The van der Waals surface area contributed by atoms with Gasteiger partial charge in [0.25, 0.3) is 0 Å². The van der Waals surface area contributed by atoms with Crippen LogP contribution in [0.3, 0.4) is 0 Å². The van der Waals surface area contributed by atoms with Gasteiger partial charge in [0.2, 0.25) is 0 Å². The van der Waals surface area contributed by atoms with E-state index in [9.17, 15) is 26.3 Å². The van der Waals surface area contributed by atoms with Crippen LogP contribution in [0.15, 0.2) is 36.4 Å². The Morgan fingerprint density at radius 2 is 1.39 bits per heavy atom. The highest BCUT2D eigenvalue weighted by Gasteiger charge is 2.27. The minimum atomic E-state index is -1.61. The molecule has 0 N–H and O–H groups in total. The molecule has 6 heteroatoms. The summed E-state index contributed by atoms with van der Waals surface area (Å²) in [6.07, 6.45) is 2.48. The van der Waals surface area contributed by atoms with Crippen LogP contribution >= 0.6 is 0 Å². The number of halogens is 6. The molecule has 3 aromatic rings. The summed E-state index contributed by atoms with van der Waals surface area (Å²) in [6, 6.07) is 6.92. The summed E-state index contributed by atoms with van der Waals surface area (Å²) >= 11 is 0. The molecule has 0 saturated heterocycles. The normalized spacial score (nSPS) is 15.8. The summed E-state index contributed by atoms with van der Waals surface area (Å²) in [5.74, 6) is -6.76. The van der Waals surface area contributed by atoms with Gasteiger partial charge < -0.3 is 0 Å². The summed E-state index contributed by atoms with van der Waals surface area (Å²) in [7, 11) is 0. The first-order chi connectivity index (χ1) is 14.8. The lowest BCUT2D eigenvalue weighted by Gasteiger charge is -2.26. The Balaban J connectivity index is 1.67. The standard InChI is InChI=1S/C25H20F6/c1-2-3-13-6-20(27)24(21(28)7-13)15-5-4-14-9-18(19(26)10-16(14)8-15)17-11-22(29)25(31)23(30)12-17/h6-7,9-12,15H,2-5,8H2,1H3. The van der Waals surface area contributed by atoms with Gasteiger partial charge >= 0.3 is 0 Å². The Bertz CT molecular complexity index is 1100. The van der Waals surface area contributed by atoms with Crippen LogP contribution < -0.4 is 0 Å². The molecule has 31 heavy (non-hydrogen) atoms. The topological polar surface area (TPSA) is 0 Å². The molecule has 4 rings (SSSR count). The maximum Gasteiger partial charge on any atom is 0.194 e. The second-order valence-electron chi connectivity index (χ2n) is 8.02. The molecule has 0 saturated carbocycles. The van der Waals surface area contributed by atoms with Gasteiger partial charge in [0, 0.05) is 11.1 Å². The maximum atomic E-state index is 14.8. The minimum Gasteiger partial charge on any atom is -0.207 e. The van der Waals surface area contributed by atoms with Gasteiger partial charge in [-0.05, 0) is 90.3 Å². The van der Waals surface area contributed by atoms with E-state index >= 15 is 0 Å². The first-order valence-corrected chi connectivity index (χ1v) is 10.2. The van der Waals surface area contributed by atoms with E-state index < -0.39 is 40.8 Å². The molecule has 0 heterocycles.